The van der Waals surface area contributed by atoms with Crippen molar-refractivity contribution in [2.75, 3.05) is 36.1 Å². The van der Waals surface area contributed by atoms with E-state index in [0.717, 1.165) is 50.2 Å². The molecule has 3 amide bonds. The number of amides is 3. The van der Waals surface area contributed by atoms with Gasteiger partial charge in [0.15, 0.2) is 0 Å². The number of hydrogen-bond donors (Lipinski definition) is 3. The van der Waals surface area contributed by atoms with E-state index in [4.69, 9.17) is 9.47 Å². The number of halogens is 6. The fourth-order valence-corrected chi connectivity index (χ4v) is 7.67. The van der Waals surface area contributed by atoms with Crippen LogP contribution in [0.1, 0.15) is 60.1 Å². The summed E-state index contributed by atoms with van der Waals surface area (Å²) in [6, 6.07) is 10.1. The number of alkyl halides is 6. The highest BCUT2D eigenvalue weighted by atomic mass is 19.4. The van der Waals surface area contributed by atoms with E-state index in [0.29, 0.717) is 34.7 Å². The van der Waals surface area contributed by atoms with Crippen LogP contribution in [0.4, 0.5) is 53.0 Å². The van der Waals surface area contributed by atoms with Gasteiger partial charge in [0.05, 0.1) is 35.5 Å². The second-order valence-electron chi connectivity index (χ2n) is 13.7. The van der Waals surface area contributed by atoms with Gasteiger partial charge in [0, 0.05) is 35.1 Å². The molecule has 282 valence electrons. The van der Waals surface area contributed by atoms with Crippen molar-refractivity contribution in [2.45, 2.75) is 64.5 Å². The zero-order chi connectivity index (χ0) is 38.2. The molecule has 0 saturated carbocycles. The highest BCUT2D eigenvalue weighted by Crippen LogP contribution is 2.46. The molecule has 53 heavy (non-hydrogen) atoms. The topological polar surface area (TPSA) is 105 Å². The number of anilines is 3. The third-order valence-corrected chi connectivity index (χ3v) is 10.0. The number of ether oxygens (including phenoxy) is 2. The molecule has 3 fully saturated rings. The first kappa shape index (κ1) is 37.7. The smallest absolute Gasteiger partial charge is 0.416 e. The number of pyridine rings is 1. The minimum absolute atomic E-state index is 0.0911. The largest absolute Gasteiger partial charge is 0.495 e. The molecule has 5 atom stereocenters. The minimum Gasteiger partial charge on any atom is -0.495 e. The van der Waals surface area contributed by atoms with E-state index < -0.39 is 41.7 Å². The van der Waals surface area contributed by atoms with Crippen LogP contribution in [-0.4, -0.2) is 48.2 Å². The van der Waals surface area contributed by atoms with Crippen LogP contribution in [0.15, 0.2) is 60.8 Å². The first-order valence-corrected chi connectivity index (χ1v) is 17.2. The van der Waals surface area contributed by atoms with Gasteiger partial charge in [-0.25, -0.2) is 9.59 Å². The van der Waals surface area contributed by atoms with Crippen LogP contribution in [0, 0.1) is 25.7 Å². The summed E-state index contributed by atoms with van der Waals surface area (Å²) in [6.45, 7) is 6.60. The molecule has 15 heteroatoms. The third kappa shape index (κ3) is 8.29. The summed E-state index contributed by atoms with van der Waals surface area (Å²) in [4.78, 5) is 33.9. The van der Waals surface area contributed by atoms with E-state index >= 15 is 0 Å². The Morgan fingerprint density at radius 1 is 0.906 bits per heavy atom. The van der Waals surface area contributed by atoms with Gasteiger partial charge in [-0.3, -0.25) is 15.2 Å². The van der Waals surface area contributed by atoms with Crippen LogP contribution >= 0.6 is 0 Å². The molecule has 0 spiro atoms. The number of hydrogen-bond acceptors (Lipinski definition) is 6. The molecule has 3 aromatic carbocycles. The van der Waals surface area contributed by atoms with Gasteiger partial charge in [-0.1, -0.05) is 13.3 Å². The Morgan fingerprint density at radius 3 is 2.11 bits per heavy atom. The number of urea groups is 1. The van der Waals surface area contributed by atoms with Crippen LogP contribution in [0.5, 0.6) is 5.75 Å². The number of aromatic nitrogens is 1. The van der Waals surface area contributed by atoms with Gasteiger partial charge in [-0.15, -0.1) is 0 Å². The predicted octanol–water partition coefficient (Wildman–Crippen LogP) is 9.95. The normalized spacial score (nSPS) is 20.5. The second kappa shape index (κ2) is 14.8. The maximum absolute atomic E-state index is 13.7. The lowest BCUT2D eigenvalue weighted by Crippen LogP contribution is -2.55. The second-order valence-corrected chi connectivity index (χ2v) is 13.7. The average molecular weight is 744 g/mol. The summed E-state index contributed by atoms with van der Waals surface area (Å²) < 4.78 is 93.2. The summed E-state index contributed by atoms with van der Waals surface area (Å²) in [6.07, 6.45) is -7.11. The SMILES string of the molecule is CCC1CN2CCC1CC2[C@H](OC(=O)Nc1cc(C)cc(C(F)(F)F)c1)c1ccnc2ccc(OC)c(NC(=O)Nc3cc(C)cc(C(F)(F)F)c3)c12. The lowest BCUT2D eigenvalue weighted by molar-refractivity contribution is -0.138. The van der Waals surface area contributed by atoms with Gasteiger partial charge in [-0.05, 0) is 111 Å². The van der Waals surface area contributed by atoms with E-state index in [1.807, 2.05) is 0 Å². The standard InChI is InChI=1S/C38H39F6N5O4/c1-5-22-19-49-11-9-23(22)16-30(49)34(53-36(51)47-27-15-21(3)13-25(18-27)38(42,43)44)28-8-10-45-29-6-7-31(52-4)33(32(28)29)48-35(50)46-26-14-20(2)12-24(17-26)37(39,40)41/h6-8,10,12-15,17-18,22-23,30,34H,5,9,11,16,19H2,1-4H3,(H,47,51)(H2,46,48,50)/t22?,23?,30?,34-/m1/s1. The quantitative estimate of drug-likeness (QED) is 0.155. The summed E-state index contributed by atoms with van der Waals surface area (Å²) in [5, 5.41) is 8.04. The van der Waals surface area contributed by atoms with E-state index in [1.54, 1.807) is 18.2 Å². The molecular formula is C38H39F6N5O4. The van der Waals surface area contributed by atoms with Crippen molar-refractivity contribution in [3.63, 3.8) is 0 Å². The maximum atomic E-state index is 13.7. The Kier molecular flexibility index (Phi) is 10.5. The van der Waals surface area contributed by atoms with Gasteiger partial charge >= 0.3 is 24.5 Å². The molecule has 3 saturated heterocycles. The van der Waals surface area contributed by atoms with Crippen molar-refractivity contribution < 1.29 is 45.4 Å². The lowest BCUT2D eigenvalue weighted by Gasteiger charge is -2.51. The van der Waals surface area contributed by atoms with Crippen molar-refractivity contribution in [2.24, 2.45) is 11.8 Å². The lowest BCUT2D eigenvalue weighted by atomic mass is 9.72. The number of aryl methyl sites for hydroxylation is 2. The molecule has 0 radical (unpaired) electrons. The van der Waals surface area contributed by atoms with E-state index in [-0.39, 0.29) is 40.0 Å². The fourth-order valence-electron chi connectivity index (χ4n) is 7.67. The number of methoxy groups -OCH3 is 1. The zero-order valence-corrected chi connectivity index (χ0v) is 29.4. The van der Waals surface area contributed by atoms with E-state index in [9.17, 15) is 35.9 Å². The fraction of sp³-hybridized carbons (Fsp3) is 0.395. The molecule has 3 aliphatic rings. The maximum Gasteiger partial charge on any atom is 0.416 e. The molecular weight excluding hydrogens is 704 g/mol. The van der Waals surface area contributed by atoms with Crippen molar-refractivity contribution in [1.82, 2.24) is 9.88 Å². The van der Waals surface area contributed by atoms with Gasteiger partial charge in [0.1, 0.15) is 11.9 Å². The number of piperidine rings is 3. The van der Waals surface area contributed by atoms with Crippen LogP contribution < -0.4 is 20.7 Å². The molecule has 4 aromatic rings. The van der Waals surface area contributed by atoms with Gasteiger partial charge in [0.25, 0.3) is 0 Å². The number of nitrogens with zero attached hydrogens (tertiary/aromatic N) is 2. The number of benzene rings is 3. The number of carbonyl (C=O) groups excluding carboxylic acids is 2. The molecule has 1 aromatic heterocycles. The third-order valence-electron chi connectivity index (χ3n) is 10.0. The van der Waals surface area contributed by atoms with Crippen molar-refractivity contribution >= 4 is 40.1 Å². The minimum atomic E-state index is -4.63. The van der Waals surface area contributed by atoms with Gasteiger partial charge in [-0.2, -0.15) is 26.3 Å². The Morgan fingerprint density at radius 2 is 1.55 bits per heavy atom. The number of fused-ring (bicyclic) bond motifs is 4. The van der Waals surface area contributed by atoms with E-state index in [1.165, 1.54) is 39.3 Å². The summed E-state index contributed by atoms with van der Waals surface area (Å²) in [7, 11) is 1.38. The van der Waals surface area contributed by atoms with E-state index in [2.05, 4.69) is 32.8 Å². The van der Waals surface area contributed by atoms with Crippen molar-refractivity contribution in [3.05, 3.63) is 88.6 Å². The molecule has 3 aliphatic heterocycles. The predicted molar refractivity (Wildman–Crippen MR) is 188 cm³/mol. The molecule has 2 bridgehead atoms. The molecule has 7 rings (SSSR count). The number of rotatable bonds is 8. The summed E-state index contributed by atoms with van der Waals surface area (Å²) >= 11 is 0. The van der Waals surface area contributed by atoms with Gasteiger partial charge < -0.3 is 20.1 Å². The Labute approximate surface area is 302 Å². The Hall–Kier alpha value is -5.05. The number of carbonyl (C=O) groups is 2. The first-order chi connectivity index (χ1) is 25.0. The summed E-state index contributed by atoms with van der Waals surface area (Å²) in [5.41, 5.74) is -0.513. The van der Waals surface area contributed by atoms with Gasteiger partial charge in [0.2, 0.25) is 0 Å². The van der Waals surface area contributed by atoms with Crippen LogP contribution in [0.25, 0.3) is 10.9 Å². The molecule has 4 unspecified atom stereocenters. The van der Waals surface area contributed by atoms with Crippen LogP contribution in [0.2, 0.25) is 0 Å². The van der Waals surface area contributed by atoms with Crippen molar-refractivity contribution in [1.29, 1.82) is 0 Å². The highest BCUT2D eigenvalue weighted by Gasteiger charge is 2.45. The Bertz CT molecular complexity index is 2020. The monoisotopic (exact) mass is 743 g/mol. The van der Waals surface area contributed by atoms with Crippen LogP contribution in [-0.2, 0) is 17.1 Å². The first-order valence-electron chi connectivity index (χ1n) is 17.2. The number of nitrogens with one attached hydrogen (secondary N) is 3. The molecule has 9 nitrogen and oxygen atoms in total. The Balaban J connectivity index is 1.39. The summed E-state index contributed by atoms with van der Waals surface area (Å²) in [5.74, 6) is 0.982. The zero-order valence-electron chi connectivity index (χ0n) is 29.4. The van der Waals surface area contributed by atoms with Crippen LogP contribution in [0.3, 0.4) is 0 Å². The molecule has 0 aliphatic carbocycles. The van der Waals surface area contributed by atoms with Crippen molar-refractivity contribution in [3.8, 4) is 5.75 Å². The highest BCUT2D eigenvalue weighted by molar-refractivity contribution is 6.08. The molecule has 3 N–H and O–H groups in total. The average Bonchev–Trinajstić information content (AvgIpc) is 3.09. The molecule has 4 heterocycles.